The van der Waals surface area contributed by atoms with Gasteiger partial charge in [0, 0.05) is 18.1 Å². The summed E-state index contributed by atoms with van der Waals surface area (Å²) in [6.07, 6.45) is 3.40. The minimum atomic E-state index is -3.41. The highest BCUT2D eigenvalue weighted by atomic mass is 35.5. The number of aryl methyl sites for hydroxylation is 1. The van der Waals surface area contributed by atoms with Crippen molar-refractivity contribution in [3.05, 3.63) is 16.0 Å². The molecule has 1 aromatic heterocycles. The van der Waals surface area contributed by atoms with Crippen LogP contribution in [-0.2, 0) is 10.0 Å². The van der Waals surface area contributed by atoms with Crippen molar-refractivity contribution in [3.8, 4) is 0 Å². The Labute approximate surface area is 122 Å². The van der Waals surface area contributed by atoms with Crippen LogP contribution >= 0.6 is 22.9 Å². The molecule has 106 valence electrons. The van der Waals surface area contributed by atoms with Crippen LogP contribution in [-0.4, -0.2) is 30.8 Å². The maximum absolute atomic E-state index is 12.8. The Morgan fingerprint density at radius 3 is 2.42 bits per heavy atom. The van der Waals surface area contributed by atoms with E-state index < -0.39 is 10.0 Å². The Kier molecular flexibility index (Phi) is 3.42. The van der Waals surface area contributed by atoms with Crippen LogP contribution in [0.3, 0.4) is 0 Å². The third-order valence-corrected chi connectivity index (χ3v) is 8.08. The molecule has 0 spiro atoms. The van der Waals surface area contributed by atoms with Gasteiger partial charge in [-0.05, 0) is 44.2 Å². The van der Waals surface area contributed by atoms with Crippen molar-refractivity contribution in [1.82, 2.24) is 4.31 Å². The molecule has 0 saturated carbocycles. The highest BCUT2D eigenvalue weighted by molar-refractivity contribution is 7.91. The third kappa shape index (κ3) is 2.23. The van der Waals surface area contributed by atoms with Crippen LogP contribution in [0.25, 0.3) is 0 Å². The molecule has 2 bridgehead atoms. The zero-order valence-electron chi connectivity index (χ0n) is 10.7. The Bertz CT molecular complexity index is 565. The standard InChI is InChI=1S/C12H17ClN2O2S2/c1-7-4-11(18-12(7)13)19(16,17)15-9-2-3-10(15)6-8(14)5-9/h4,8-10H,2-3,5-6,14H2,1H3. The zero-order chi connectivity index (χ0) is 13.8. The normalized spacial score (nSPS) is 31.8. The number of thiophene rings is 1. The predicted octanol–water partition coefficient (Wildman–Crippen LogP) is 2.35. The van der Waals surface area contributed by atoms with E-state index in [2.05, 4.69) is 0 Å². The van der Waals surface area contributed by atoms with E-state index in [1.54, 1.807) is 10.4 Å². The highest BCUT2D eigenvalue weighted by Gasteiger charge is 2.46. The summed E-state index contributed by atoms with van der Waals surface area (Å²) in [6.45, 7) is 1.83. The number of fused-ring (bicyclic) bond motifs is 2. The van der Waals surface area contributed by atoms with Gasteiger partial charge in [-0.2, -0.15) is 4.31 Å². The van der Waals surface area contributed by atoms with Crippen LogP contribution in [0.1, 0.15) is 31.2 Å². The Hall–Kier alpha value is -0.140. The number of hydrogen-bond donors (Lipinski definition) is 1. The molecule has 2 aliphatic heterocycles. The topological polar surface area (TPSA) is 63.4 Å². The molecule has 2 aliphatic rings. The number of sulfonamides is 1. The average Bonchev–Trinajstić information content (AvgIpc) is 2.80. The summed E-state index contributed by atoms with van der Waals surface area (Å²) < 4.78 is 28.1. The Morgan fingerprint density at radius 2 is 1.95 bits per heavy atom. The van der Waals surface area contributed by atoms with Gasteiger partial charge in [0.1, 0.15) is 4.21 Å². The van der Waals surface area contributed by atoms with Crippen molar-refractivity contribution in [3.63, 3.8) is 0 Å². The van der Waals surface area contributed by atoms with Crippen molar-refractivity contribution in [2.45, 2.75) is 54.9 Å². The molecule has 0 aliphatic carbocycles. The minimum absolute atomic E-state index is 0.0694. The van der Waals surface area contributed by atoms with E-state index in [0.29, 0.717) is 8.55 Å². The molecule has 0 amide bonds. The maximum Gasteiger partial charge on any atom is 0.253 e. The van der Waals surface area contributed by atoms with Gasteiger partial charge in [-0.3, -0.25) is 0 Å². The number of piperidine rings is 1. The first kappa shape index (κ1) is 13.8. The van der Waals surface area contributed by atoms with Gasteiger partial charge in [0.05, 0.1) is 4.34 Å². The molecule has 3 rings (SSSR count). The van der Waals surface area contributed by atoms with E-state index in [1.807, 2.05) is 6.92 Å². The maximum atomic E-state index is 12.8. The molecule has 2 atom stereocenters. The number of nitrogens with two attached hydrogens (primary N) is 1. The molecule has 3 heterocycles. The van der Waals surface area contributed by atoms with Crippen LogP contribution < -0.4 is 5.73 Å². The van der Waals surface area contributed by atoms with Crippen molar-refractivity contribution >= 4 is 33.0 Å². The van der Waals surface area contributed by atoms with Crippen LogP contribution in [0.2, 0.25) is 4.34 Å². The Morgan fingerprint density at radius 1 is 1.37 bits per heavy atom. The van der Waals surface area contributed by atoms with Crippen LogP contribution in [0, 0.1) is 6.92 Å². The molecule has 2 N–H and O–H groups in total. The summed E-state index contributed by atoms with van der Waals surface area (Å²) in [7, 11) is -3.41. The van der Waals surface area contributed by atoms with Gasteiger partial charge in [0.15, 0.2) is 0 Å². The molecule has 2 saturated heterocycles. The summed E-state index contributed by atoms with van der Waals surface area (Å²) in [4.78, 5) is 0. The van der Waals surface area contributed by atoms with E-state index in [0.717, 1.165) is 42.6 Å². The first-order chi connectivity index (χ1) is 8.89. The van der Waals surface area contributed by atoms with Crippen molar-refractivity contribution < 1.29 is 8.42 Å². The van der Waals surface area contributed by atoms with Gasteiger partial charge >= 0.3 is 0 Å². The predicted molar refractivity (Wildman–Crippen MR) is 77.1 cm³/mol. The highest BCUT2D eigenvalue weighted by Crippen LogP contribution is 2.41. The fourth-order valence-corrected chi connectivity index (χ4v) is 6.94. The second-order valence-corrected chi connectivity index (χ2v) is 9.20. The summed E-state index contributed by atoms with van der Waals surface area (Å²) in [5.41, 5.74) is 6.81. The summed E-state index contributed by atoms with van der Waals surface area (Å²) in [5, 5.41) is 0. The lowest BCUT2D eigenvalue weighted by atomic mass is 10.0. The van der Waals surface area contributed by atoms with Crippen LogP contribution in [0.4, 0.5) is 0 Å². The summed E-state index contributed by atoms with van der Waals surface area (Å²) in [6, 6.07) is 1.95. The van der Waals surface area contributed by atoms with Gasteiger partial charge in [0.25, 0.3) is 10.0 Å². The monoisotopic (exact) mass is 320 g/mol. The first-order valence-corrected chi connectivity index (χ1v) is 9.08. The van der Waals surface area contributed by atoms with E-state index in [9.17, 15) is 8.42 Å². The SMILES string of the molecule is Cc1cc(S(=O)(=O)N2C3CCC2CC(N)C3)sc1Cl. The Balaban J connectivity index is 1.97. The lowest BCUT2D eigenvalue weighted by Gasteiger charge is -2.36. The number of halogens is 1. The molecule has 2 unspecified atom stereocenters. The summed E-state index contributed by atoms with van der Waals surface area (Å²) in [5.74, 6) is 0. The molecule has 0 aromatic carbocycles. The van der Waals surface area contributed by atoms with E-state index in [4.69, 9.17) is 17.3 Å². The minimum Gasteiger partial charge on any atom is -0.328 e. The van der Waals surface area contributed by atoms with Gasteiger partial charge in [0.2, 0.25) is 0 Å². The largest absolute Gasteiger partial charge is 0.328 e. The number of nitrogens with zero attached hydrogens (tertiary/aromatic N) is 1. The lowest BCUT2D eigenvalue weighted by molar-refractivity contribution is 0.227. The van der Waals surface area contributed by atoms with Crippen LogP contribution in [0.5, 0.6) is 0 Å². The fourth-order valence-electron chi connectivity index (χ4n) is 3.23. The molecule has 4 nitrogen and oxygen atoms in total. The lowest BCUT2D eigenvalue weighted by Crippen LogP contribution is -2.49. The number of hydrogen-bond acceptors (Lipinski definition) is 4. The second kappa shape index (κ2) is 4.70. The molecule has 7 heteroatoms. The third-order valence-electron chi connectivity index (χ3n) is 4.07. The van der Waals surface area contributed by atoms with Crippen LogP contribution in [0.15, 0.2) is 10.3 Å². The van der Waals surface area contributed by atoms with Crippen molar-refractivity contribution in [2.75, 3.05) is 0 Å². The van der Waals surface area contributed by atoms with Crippen molar-refractivity contribution in [1.29, 1.82) is 0 Å². The van der Waals surface area contributed by atoms with Gasteiger partial charge in [-0.25, -0.2) is 8.42 Å². The zero-order valence-corrected chi connectivity index (χ0v) is 13.1. The first-order valence-electron chi connectivity index (χ1n) is 6.44. The molecular formula is C12H17ClN2O2S2. The average molecular weight is 321 g/mol. The van der Waals surface area contributed by atoms with Gasteiger partial charge in [-0.1, -0.05) is 11.6 Å². The number of rotatable bonds is 2. The molecule has 19 heavy (non-hydrogen) atoms. The quantitative estimate of drug-likeness (QED) is 0.909. The fraction of sp³-hybridized carbons (Fsp3) is 0.667. The smallest absolute Gasteiger partial charge is 0.253 e. The summed E-state index contributed by atoms with van der Waals surface area (Å²) >= 11 is 7.15. The molecule has 1 aromatic rings. The molecule has 2 fully saturated rings. The second-order valence-electron chi connectivity index (χ2n) is 5.47. The van der Waals surface area contributed by atoms with Gasteiger partial charge < -0.3 is 5.73 Å². The molecular weight excluding hydrogens is 304 g/mol. The van der Waals surface area contributed by atoms with E-state index >= 15 is 0 Å². The molecule has 0 radical (unpaired) electrons. The van der Waals surface area contributed by atoms with Crippen molar-refractivity contribution in [2.24, 2.45) is 5.73 Å². The van der Waals surface area contributed by atoms with Gasteiger partial charge in [-0.15, -0.1) is 11.3 Å². The van der Waals surface area contributed by atoms with E-state index in [1.165, 1.54) is 0 Å². The van der Waals surface area contributed by atoms with E-state index in [-0.39, 0.29) is 18.1 Å².